The molecule has 0 aliphatic carbocycles. The van der Waals surface area contributed by atoms with E-state index in [2.05, 4.69) is 10.1 Å². The van der Waals surface area contributed by atoms with Crippen LogP contribution in [-0.2, 0) is 23.9 Å². The summed E-state index contributed by atoms with van der Waals surface area (Å²) in [6, 6.07) is 0. The number of carboxylic acids is 1. The van der Waals surface area contributed by atoms with Crippen LogP contribution in [0.2, 0.25) is 0 Å². The number of primary amides is 1. The van der Waals surface area contributed by atoms with Crippen LogP contribution in [0.1, 0.15) is 0 Å². The van der Waals surface area contributed by atoms with Gasteiger partial charge in [-0.1, -0.05) is 0 Å². The lowest BCUT2D eigenvalue weighted by Crippen LogP contribution is -2.32. The van der Waals surface area contributed by atoms with Gasteiger partial charge in [0.1, 0.15) is 19.8 Å². The third-order valence-electron chi connectivity index (χ3n) is 1.27. The number of nitrogens with two attached hydrogens (primary N) is 1. The first-order valence-electron chi connectivity index (χ1n) is 4.44. The molecule has 0 unspecified atom stereocenters. The first kappa shape index (κ1) is 14.3. The van der Waals surface area contributed by atoms with Crippen LogP contribution in [0.5, 0.6) is 0 Å². The minimum Gasteiger partial charge on any atom is -0.480 e. The van der Waals surface area contributed by atoms with E-state index in [-0.39, 0.29) is 26.4 Å². The molecule has 16 heavy (non-hydrogen) atoms. The molecule has 0 spiro atoms. The van der Waals surface area contributed by atoms with E-state index < -0.39 is 24.4 Å². The van der Waals surface area contributed by atoms with Crippen LogP contribution in [0.15, 0.2) is 0 Å². The van der Waals surface area contributed by atoms with Gasteiger partial charge in [0.25, 0.3) is 0 Å². The molecule has 8 heteroatoms. The van der Waals surface area contributed by atoms with E-state index in [9.17, 15) is 14.4 Å². The highest BCUT2D eigenvalue weighted by molar-refractivity contribution is 5.77. The predicted molar refractivity (Wildman–Crippen MR) is 51.5 cm³/mol. The molecule has 0 atom stereocenters. The van der Waals surface area contributed by atoms with E-state index in [4.69, 9.17) is 15.6 Å². The fraction of sp³-hybridized carbons (Fsp3) is 0.625. The Bertz CT molecular complexity index is 255. The van der Waals surface area contributed by atoms with Crippen LogP contribution in [-0.4, -0.2) is 55.9 Å². The Morgan fingerprint density at radius 3 is 2.38 bits per heavy atom. The Morgan fingerprint density at radius 1 is 1.12 bits per heavy atom. The minimum atomic E-state index is -1.14. The van der Waals surface area contributed by atoms with Crippen molar-refractivity contribution >= 4 is 17.8 Å². The van der Waals surface area contributed by atoms with Crippen LogP contribution in [0.4, 0.5) is 0 Å². The second kappa shape index (κ2) is 8.62. The topological polar surface area (TPSA) is 128 Å². The van der Waals surface area contributed by atoms with E-state index in [0.29, 0.717) is 0 Å². The monoisotopic (exact) mass is 234 g/mol. The van der Waals surface area contributed by atoms with Gasteiger partial charge in [0.05, 0.1) is 6.61 Å². The third-order valence-corrected chi connectivity index (χ3v) is 1.27. The highest BCUT2D eigenvalue weighted by atomic mass is 16.5. The zero-order valence-corrected chi connectivity index (χ0v) is 8.60. The Balaban J connectivity index is 3.30. The van der Waals surface area contributed by atoms with Crippen LogP contribution in [0.25, 0.3) is 0 Å². The Hall–Kier alpha value is -1.67. The average Bonchev–Trinajstić information content (AvgIpc) is 2.16. The summed E-state index contributed by atoms with van der Waals surface area (Å²) in [7, 11) is 0. The van der Waals surface area contributed by atoms with Gasteiger partial charge in [-0.25, -0.2) is 4.79 Å². The van der Waals surface area contributed by atoms with Crippen molar-refractivity contribution in [3.63, 3.8) is 0 Å². The Kier molecular flexibility index (Phi) is 7.72. The van der Waals surface area contributed by atoms with Crippen molar-refractivity contribution in [2.24, 2.45) is 5.73 Å². The largest absolute Gasteiger partial charge is 0.480 e. The Morgan fingerprint density at radius 2 is 1.81 bits per heavy atom. The number of nitrogens with one attached hydrogen (secondary N) is 1. The lowest BCUT2D eigenvalue weighted by molar-refractivity contribution is -0.143. The fourth-order valence-corrected chi connectivity index (χ4v) is 0.717. The van der Waals surface area contributed by atoms with Crippen LogP contribution in [0, 0.1) is 0 Å². The zero-order chi connectivity index (χ0) is 12.4. The second-order valence-corrected chi connectivity index (χ2v) is 2.76. The van der Waals surface area contributed by atoms with Gasteiger partial charge in [-0.2, -0.15) is 0 Å². The van der Waals surface area contributed by atoms with Crippen LogP contribution in [0.3, 0.4) is 0 Å². The van der Waals surface area contributed by atoms with Gasteiger partial charge >= 0.3 is 5.97 Å². The molecule has 0 aliphatic rings. The van der Waals surface area contributed by atoms with E-state index in [1.54, 1.807) is 0 Å². The normalized spacial score (nSPS) is 9.75. The summed E-state index contributed by atoms with van der Waals surface area (Å²) in [5.74, 6) is -2.18. The number of carboxylic acid groups (broad SMARTS) is 1. The highest BCUT2D eigenvalue weighted by Crippen LogP contribution is 1.77. The highest BCUT2D eigenvalue weighted by Gasteiger charge is 2.03. The van der Waals surface area contributed by atoms with Crippen molar-refractivity contribution in [1.82, 2.24) is 5.32 Å². The number of ether oxygens (including phenoxy) is 2. The van der Waals surface area contributed by atoms with Crippen molar-refractivity contribution in [2.45, 2.75) is 0 Å². The molecule has 0 aromatic heterocycles. The van der Waals surface area contributed by atoms with Gasteiger partial charge in [-0.05, 0) is 0 Å². The summed E-state index contributed by atoms with van der Waals surface area (Å²) in [6.07, 6.45) is 0. The first-order chi connectivity index (χ1) is 7.52. The molecule has 0 heterocycles. The molecule has 0 radical (unpaired) electrons. The van der Waals surface area contributed by atoms with E-state index >= 15 is 0 Å². The van der Waals surface area contributed by atoms with Gasteiger partial charge in [-0.3, -0.25) is 9.59 Å². The molecule has 92 valence electrons. The van der Waals surface area contributed by atoms with Gasteiger partial charge in [-0.15, -0.1) is 0 Å². The van der Waals surface area contributed by atoms with Gasteiger partial charge in [0.2, 0.25) is 11.8 Å². The van der Waals surface area contributed by atoms with E-state index in [1.807, 2.05) is 0 Å². The standard InChI is InChI=1S/C8H14N2O6/c9-6(11)3-15-2-1-10-7(12)4-16-5-8(13)14/h1-5H2,(H2,9,11)(H,10,12)(H,13,14). The number of carbonyl (C=O) groups is 3. The zero-order valence-electron chi connectivity index (χ0n) is 8.60. The average molecular weight is 234 g/mol. The van der Waals surface area contributed by atoms with Crippen molar-refractivity contribution in [2.75, 3.05) is 33.0 Å². The summed E-state index contributed by atoms with van der Waals surface area (Å²) >= 11 is 0. The molecule has 8 nitrogen and oxygen atoms in total. The van der Waals surface area contributed by atoms with Gasteiger partial charge < -0.3 is 25.6 Å². The maximum atomic E-state index is 10.9. The van der Waals surface area contributed by atoms with E-state index in [1.165, 1.54) is 0 Å². The van der Waals surface area contributed by atoms with Crippen LogP contribution >= 0.6 is 0 Å². The Labute approximate surface area is 91.7 Å². The number of rotatable bonds is 9. The molecule has 0 fully saturated rings. The molecule has 0 aromatic rings. The number of hydrogen-bond acceptors (Lipinski definition) is 5. The SMILES string of the molecule is NC(=O)COCCNC(=O)COCC(=O)O. The number of hydrogen-bond donors (Lipinski definition) is 3. The molecular formula is C8H14N2O6. The molecule has 0 aromatic carbocycles. The summed E-state index contributed by atoms with van der Waals surface area (Å²) in [5, 5.41) is 10.6. The summed E-state index contributed by atoms with van der Waals surface area (Å²) in [5.41, 5.74) is 4.80. The number of amides is 2. The third kappa shape index (κ3) is 10.4. The molecular weight excluding hydrogens is 220 g/mol. The fourth-order valence-electron chi connectivity index (χ4n) is 0.717. The first-order valence-corrected chi connectivity index (χ1v) is 4.44. The van der Waals surface area contributed by atoms with Crippen molar-refractivity contribution in [3.8, 4) is 0 Å². The maximum Gasteiger partial charge on any atom is 0.329 e. The lowest BCUT2D eigenvalue weighted by Gasteiger charge is -2.05. The molecule has 0 saturated heterocycles. The summed E-state index contributed by atoms with van der Waals surface area (Å²) in [4.78, 5) is 31.2. The predicted octanol–water partition coefficient (Wildman–Crippen LogP) is -2.29. The van der Waals surface area contributed by atoms with Crippen molar-refractivity contribution < 1.29 is 29.0 Å². The molecule has 2 amide bonds. The van der Waals surface area contributed by atoms with Gasteiger partial charge in [0, 0.05) is 6.54 Å². The second-order valence-electron chi connectivity index (χ2n) is 2.76. The summed E-state index contributed by atoms with van der Waals surface area (Å²) in [6.45, 7) is -0.713. The molecule has 4 N–H and O–H groups in total. The van der Waals surface area contributed by atoms with Crippen molar-refractivity contribution in [1.29, 1.82) is 0 Å². The molecule has 0 aliphatic heterocycles. The number of aliphatic carboxylic acids is 1. The van der Waals surface area contributed by atoms with Gasteiger partial charge in [0.15, 0.2) is 0 Å². The van der Waals surface area contributed by atoms with Crippen molar-refractivity contribution in [3.05, 3.63) is 0 Å². The molecule has 0 rings (SSSR count). The minimum absolute atomic E-state index is 0.146. The number of carbonyl (C=O) groups excluding carboxylic acids is 2. The lowest BCUT2D eigenvalue weighted by atomic mass is 10.5. The quantitative estimate of drug-likeness (QED) is 0.385. The molecule has 0 saturated carbocycles. The maximum absolute atomic E-state index is 10.9. The van der Waals surface area contributed by atoms with Crippen LogP contribution < -0.4 is 11.1 Å². The summed E-state index contributed by atoms with van der Waals surface area (Å²) < 4.78 is 9.29. The van der Waals surface area contributed by atoms with E-state index in [0.717, 1.165) is 0 Å². The smallest absolute Gasteiger partial charge is 0.329 e. The molecule has 0 bridgehead atoms.